The number of para-hydroxylation sites is 1. The maximum atomic E-state index is 13.3. The molecule has 0 aliphatic carbocycles. The Morgan fingerprint density at radius 1 is 0.909 bits per heavy atom. The second-order valence-electron chi connectivity index (χ2n) is 4.07. The predicted octanol–water partition coefficient (Wildman–Crippen LogP) is 4.99. The average molecular weight is 322 g/mol. The Balaban J connectivity index is 2.44. The Kier molecular flexibility index (Phi) is 4.48. The van der Waals surface area contributed by atoms with Gasteiger partial charge < -0.3 is 9.47 Å². The fourth-order valence-electron chi connectivity index (χ4n) is 1.78. The molecular formula is C14H8F6O2. The molecule has 0 aromatic heterocycles. The molecule has 22 heavy (non-hydrogen) atoms. The van der Waals surface area contributed by atoms with E-state index in [9.17, 15) is 26.3 Å². The summed E-state index contributed by atoms with van der Waals surface area (Å²) in [4.78, 5) is 0. The minimum Gasteiger partial charge on any atom is -0.432 e. The fraction of sp³-hybridized carbons (Fsp3) is 0.143. The Hall–Kier alpha value is -2.38. The molecule has 0 saturated carbocycles. The molecule has 0 amide bonds. The normalized spacial score (nSPS) is 11.6. The van der Waals surface area contributed by atoms with E-state index in [-0.39, 0.29) is 11.1 Å². The first kappa shape index (κ1) is 16.0. The van der Waals surface area contributed by atoms with Crippen LogP contribution in [0, 0.1) is 5.82 Å². The summed E-state index contributed by atoms with van der Waals surface area (Å²) in [5.41, 5.74) is -0.00385. The van der Waals surface area contributed by atoms with E-state index in [1.54, 1.807) is 0 Å². The number of hydrogen-bond acceptors (Lipinski definition) is 2. The van der Waals surface area contributed by atoms with Gasteiger partial charge in [-0.05, 0) is 23.8 Å². The van der Waals surface area contributed by atoms with Gasteiger partial charge in [-0.2, -0.15) is 8.78 Å². The lowest BCUT2D eigenvalue weighted by atomic mass is 10.0. The highest BCUT2D eigenvalue weighted by molar-refractivity contribution is 5.71. The van der Waals surface area contributed by atoms with E-state index in [0.29, 0.717) is 0 Å². The van der Waals surface area contributed by atoms with Gasteiger partial charge in [-0.1, -0.05) is 24.3 Å². The Labute approximate surface area is 120 Å². The lowest BCUT2D eigenvalue weighted by Crippen LogP contribution is -2.17. The molecule has 0 aliphatic rings. The van der Waals surface area contributed by atoms with Crippen molar-refractivity contribution < 1.29 is 35.8 Å². The molecule has 0 radical (unpaired) electrons. The maximum absolute atomic E-state index is 13.3. The fourth-order valence-corrected chi connectivity index (χ4v) is 1.78. The van der Waals surface area contributed by atoms with E-state index in [1.807, 2.05) is 0 Å². The van der Waals surface area contributed by atoms with E-state index in [4.69, 9.17) is 0 Å². The molecule has 0 spiro atoms. The van der Waals surface area contributed by atoms with Crippen LogP contribution in [-0.2, 0) is 0 Å². The third kappa shape index (κ3) is 4.06. The molecule has 118 valence electrons. The smallest absolute Gasteiger partial charge is 0.432 e. The standard InChI is InChI=1S/C14H8F6O2/c15-10-6-5-8(7-12(10)21-13(16)17)9-3-1-2-4-11(9)22-14(18,19)20/h1-7,13H. The van der Waals surface area contributed by atoms with Gasteiger partial charge in [0.2, 0.25) is 0 Å². The molecule has 2 aromatic rings. The number of halogens is 6. The van der Waals surface area contributed by atoms with Gasteiger partial charge in [0, 0.05) is 5.56 Å². The molecule has 0 atom stereocenters. The van der Waals surface area contributed by atoms with Crippen molar-refractivity contribution in [3.8, 4) is 22.6 Å². The highest BCUT2D eigenvalue weighted by Crippen LogP contribution is 2.35. The second-order valence-corrected chi connectivity index (χ2v) is 4.07. The van der Waals surface area contributed by atoms with Crippen LogP contribution in [0.4, 0.5) is 26.3 Å². The zero-order valence-electron chi connectivity index (χ0n) is 10.7. The third-order valence-corrected chi connectivity index (χ3v) is 2.57. The lowest BCUT2D eigenvalue weighted by molar-refractivity contribution is -0.274. The quantitative estimate of drug-likeness (QED) is 0.738. The van der Waals surface area contributed by atoms with Crippen LogP contribution >= 0.6 is 0 Å². The summed E-state index contributed by atoms with van der Waals surface area (Å²) < 4.78 is 82.6. The summed E-state index contributed by atoms with van der Waals surface area (Å²) in [5.74, 6) is -2.36. The summed E-state index contributed by atoms with van der Waals surface area (Å²) in [5, 5.41) is 0. The van der Waals surface area contributed by atoms with E-state index in [2.05, 4.69) is 9.47 Å². The number of ether oxygens (including phenoxy) is 2. The van der Waals surface area contributed by atoms with Crippen LogP contribution in [0.5, 0.6) is 11.5 Å². The average Bonchev–Trinajstić information content (AvgIpc) is 2.40. The zero-order valence-corrected chi connectivity index (χ0v) is 10.7. The van der Waals surface area contributed by atoms with Crippen LogP contribution < -0.4 is 9.47 Å². The number of benzene rings is 2. The predicted molar refractivity (Wildman–Crippen MR) is 65.2 cm³/mol. The molecule has 2 rings (SSSR count). The van der Waals surface area contributed by atoms with E-state index >= 15 is 0 Å². The third-order valence-electron chi connectivity index (χ3n) is 2.57. The molecular weight excluding hydrogens is 314 g/mol. The second kappa shape index (κ2) is 6.17. The summed E-state index contributed by atoms with van der Waals surface area (Å²) in [7, 11) is 0. The number of rotatable bonds is 4. The van der Waals surface area contributed by atoms with Gasteiger partial charge in [0.05, 0.1) is 0 Å². The summed E-state index contributed by atoms with van der Waals surface area (Å²) in [6.07, 6.45) is -4.92. The Morgan fingerprint density at radius 2 is 1.59 bits per heavy atom. The molecule has 0 unspecified atom stereocenters. The first-order chi connectivity index (χ1) is 10.3. The van der Waals surface area contributed by atoms with Gasteiger partial charge in [-0.3, -0.25) is 0 Å². The van der Waals surface area contributed by atoms with Gasteiger partial charge in [-0.15, -0.1) is 13.2 Å². The summed E-state index contributed by atoms with van der Waals surface area (Å²) >= 11 is 0. The van der Waals surface area contributed by atoms with Crippen molar-refractivity contribution in [2.24, 2.45) is 0 Å². The largest absolute Gasteiger partial charge is 0.573 e. The summed E-state index contributed by atoms with van der Waals surface area (Å²) in [6, 6.07) is 7.89. The van der Waals surface area contributed by atoms with Gasteiger partial charge in [0.25, 0.3) is 0 Å². The molecule has 8 heteroatoms. The van der Waals surface area contributed by atoms with Crippen LogP contribution in [-0.4, -0.2) is 13.0 Å². The first-order valence-electron chi connectivity index (χ1n) is 5.86. The van der Waals surface area contributed by atoms with Crippen LogP contribution in [0.3, 0.4) is 0 Å². The van der Waals surface area contributed by atoms with Crippen molar-refractivity contribution >= 4 is 0 Å². The molecule has 0 saturated heterocycles. The van der Waals surface area contributed by atoms with Crippen molar-refractivity contribution in [3.05, 3.63) is 48.3 Å². The van der Waals surface area contributed by atoms with Crippen LogP contribution in [0.25, 0.3) is 11.1 Å². The van der Waals surface area contributed by atoms with Crippen molar-refractivity contribution in [1.82, 2.24) is 0 Å². The summed E-state index contributed by atoms with van der Waals surface area (Å²) in [6.45, 7) is -3.26. The minimum atomic E-state index is -4.92. The molecule has 2 nitrogen and oxygen atoms in total. The van der Waals surface area contributed by atoms with Gasteiger partial charge >= 0.3 is 13.0 Å². The highest BCUT2D eigenvalue weighted by atomic mass is 19.4. The number of hydrogen-bond donors (Lipinski definition) is 0. The SMILES string of the molecule is Fc1ccc(-c2ccccc2OC(F)(F)F)cc1OC(F)F. The Morgan fingerprint density at radius 3 is 2.23 bits per heavy atom. The van der Waals surface area contributed by atoms with Crippen LogP contribution in [0.2, 0.25) is 0 Å². The van der Waals surface area contributed by atoms with Crippen molar-refractivity contribution in [2.45, 2.75) is 13.0 Å². The topological polar surface area (TPSA) is 18.5 Å². The monoisotopic (exact) mass is 322 g/mol. The zero-order chi connectivity index (χ0) is 16.3. The van der Waals surface area contributed by atoms with E-state index in [0.717, 1.165) is 24.3 Å². The van der Waals surface area contributed by atoms with Gasteiger partial charge in [0.15, 0.2) is 11.6 Å². The highest BCUT2D eigenvalue weighted by Gasteiger charge is 2.32. The van der Waals surface area contributed by atoms with E-state index < -0.39 is 30.3 Å². The van der Waals surface area contributed by atoms with Gasteiger partial charge in [-0.25, -0.2) is 4.39 Å². The first-order valence-corrected chi connectivity index (χ1v) is 5.86. The van der Waals surface area contributed by atoms with Crippen molar-refractivity contribution in [1.29, 1.82) is 0 Å². The minimum absolute atomic E-state index is 0.0388. The van der Waals surface area contributed by atoms with Crippen molar-refractivity contribution in [3.63, 3.8) is 0 Å². The van der Waals surface area contributed by atoms with Gasteiger partial charge in [0.1, 0.15) is 5.75 Å². The molecule has 0 aliphatic heterocycles. The molecule has 0 heterocycles. The molecule has 0 N–H and O–H groups in total. The maximum Gasteiger partial charge on any atom is 0.573 e. The van der Waals surface area contributed by atoms with Crippen molar-refractivity contribution in [2.75, 3.05) is 0 Å². The molecule has 0 fully saturated rings. The van der Waals surface area contributed by atoms with Crippen LogP contribution in [0.1, 0.15) is 0 Å². The lowest BCUT2D eigenvalue weighted by Gasteiger charge is -2.14. The number of alkyl halides is 5. The van der Waals surface area contributed by atoms with E-state index in [1.165, 1.54) is 18.2 Å². The molecule has 2 aromatic carbocycles. The molecule has 0 bridgehead atoms. The van der Waals surface area contributed by atoms with Crippen LogP contribution in [0.15, 0.2) is 42.5 Å². The Bertz CT molecular complexity index is 654.